The summed E-state index contributed by atoms with van der Waals surface area (Å²) in [5.41, 5.74) is 0. The molecule has 0 N–H and O–H groups in total. The molecular formula is C10H11N5S2. The highest BCUT2D eigenvalue weighted by molar-refractivity contribution is 8.00. The van der Waals surface area contributed by atoms with Crippen LogP contribution in [0.1, 0.15) is 11.8 Å². The minimum absolute atomic E-state index is 0.138. The van der Waals surface area contributed by atoms with Crippen LogP contribution in [0.2, 0.25) is 0 Å². The average molecular weight is 265 g/mol. The Balaban J connectivity index is 1.97. The fourth-order valence-corrected chi connectivity index (χ4v) is 2.68. The first-order chi connectivity index (χ1) is 8.29. The number of rotatable bonds is 5. The lowest BCUT2D eigenvalue weighted by atomic mass is 10.3. The molecule has 0 radical (unpaired) electrons. The maximum Gasteiger partial charge on any atom is 0.210 e. The Hall–Kier alpha value is -1.39. The summed E-state index contributed by atoms with van der Waals surface area (Å²) in [4.78, 5) is 1.31. The lowest BCUT2D eigenvalue weighted by molar-refractivity contribution is 0.550. The Morgan fingerprint density at radius 1 is 1.65 bits per heavy atom. The van der Waals surface area contributed by atoms with Crippen LogP contribution in [0.4, 0.5) is 0 Å². The van der Waals surface area contributed by atoms with Crippen molar-refractivity contribution in [1.82, 2.24) is 20.2 Å². The molecule has 0 fully saturated rings. The lowest BCUT2D eigenvalue weighted by Crippen LogP contribution is -2.06. The molecule has 17 heavy (non-hydrogen) atoms. The van der Waals surface area contributed by atoms with E-state index in [4.69, 9.17) is 5.26 Å². The zero-order valence-corrected chi connectivity index (χ0v) is 10.9. The quantitative estimate of drug-likeness (QED) is 0.773. The Bertz CT molecular complexity index is 499. The van der Waals surface area contributed by atoms with Crippen LogP contribution >= 0.6 is 23.1 Å². The number of thioether (sulfide) groups is 1. The van der Waals surface area contributed by atoms with Crippen molar-refractivity contribution in [3.63, 3.8) is 0 Å². The topological polar surface area (TPSA) is 67.4 Å². The van der Waals surface area contributed by atoms with Crippen LogP contribution in [0.15, 0.2) is 22.7 Å². The first-order valence-corrected chi connectivity index (χ1v) is 6.90. The molecule has 2 aromatic rings. The number of aromatic nitrogens is 4. The van der Waals surface area contributed by atoms with E-state index in [0.29, 0.717) is 5.16 Å². The van der Waals surface area contributed by atoms with E-state index in [1.54, 1.807) is 16.0 Å². The second-order valence-electron chi connectivity index (χ2n) is 3.40. The van der Waals surface area contributed by atoms with Gasteiger partial charge in [0.1, 0.15) is 0 Å². The molecule has 2 heterocycles. The van der Waals surface area contributed by atoms with Crippen LogP contribution in [0.5, 0.6) is 0 Å². The van der Waals surface area contributed by atoms with Crippen LogP contribution in [-0.4, -0.2) is 25.5 Å². The Morgan fingerprint density at radius 2 is 2.53 bits per heavy atom. The van der Waals surface area contributed by atoms with Crippen molar-refractivity contribution >= 4 is 23.1 Å². The van der Waals surface area contributed by atoms with E-state index < -0.39 is 0 Å². The van der Waals surface area contributed by atoms with Gasteiger partial charge in [0.25, 0.3) is 0 Å². The van der Waals surface area contributed by atoms with Gasteiger partial charge in [-0.15, -0.1) is 16.4 Å². The van der Waals surface area contributed by atoms with E-state index >= 15 is 0 Å². The van der Waals surface area contributed by atoms with Gasteiger partial charge in [-0.2, -0.15) is 5.26 Å². The van der Waals surface area contributed by atoms with Crippen LogP contribution in [-0.2, 0) is 13.0 Å². The first-order valence-electron chi connectivity index (χ1n) is 5.14. The molecule has 0 amide bonds. The molecule has 0 aromatic carbocycles. The molecule has 1 unspecified atom stereocenters. The van der Waals surface area contributed by atoms with Gasteiger partial charge < -0.3 is 0 Å². The summed E-state index contributed by atoms with van der Waals surface area (Å²) in [7, 11) is 0. The maximum absolute atomic E-state index is 8.76. The monoisotopic (exact) mass is 265 g/mol. The van der Waals surface area contributed by atoms with Crippen molar-refractivity contribution in [3.05, 3.63) is 22.4 Å². The molecule has 0 aliphatic heterocycles. The standard InChI is InChI=1S/C10H11N5S2/c1-8(7-11)17-10-12-13-14-15(10)5-4-9-3-2-6-16-9/h2-3,6,8H,4-5H2,1H3. The minimum atomic E-state index is -0.138. The highest BCUT2D eigenvalue weighted by atomic mass is 32.2. The molecule has 2 aromatic heterocycles. The second-order valence-corrected chi connectivity index (χ2v) is 5.74. The van der Waals surface area contributed by atoms with Crippen LogP contribution < -0.4 is 0 Å². The fraction of sp³-hybridized carbons (Fsp3) is 0.400. The Morgan fingerprint density at radius 3 is 3.24 bits per heavy atom. The van der Waals surface area contributed by atoms with Crippen molar-refractivity contribution in [2.24, 2.45) is 0 Å². The van der Waals surface area contributed by atoms with Crippen LogP contribution in [0.25, 0.3) is 0 Å². The normalized spacial score (nSPS) is 12.2. The largest absolute Gasteiger partial charge is 0.220 e. The van der Waals surface area contributed by atoms with Crippen molar-refractivity contribution in [2.75, 3.05) is 0 Å². The molecule has 0 bridgehead atoms. The molecule has 0 saturated carbocycles. The zero-order valence-electron chi connectivity index (χ0n) is 9.28. The van der Waals surface area contributed by atoms with E-state index in [1.165, 1.54) is 16.6 Å². The summed E-state index contributed by atoms with van der Waals surface area (Å²) < 4.78 is 1.75. The van der Waals surface area contributed by atoms with E-state index in [9.17, 15) is 0 Å². The van der Waals surface area contributed by atoms with Crippen molar-refractivity contribution in [1.29, 1.82) is 5.26 Å². The van der Waals surface area contributed by atoms with Gasteiger partial charge in [-0.3, -0.25) is 0 Å². The number of tetrazole rings is 1. The summed E-state index contributed by atoms with van der Waals surface area (Å²) in [6, 6.07) is 6.29. The van der Waals surface area contributed by atoms with Gasteiger partial charge >= 0.3 is 0 Å². The highest BCUT2D eigenvalue weighted by Crippen LogP contribution is 2.19. The molecule has 0 saturated heterocycles. The van der Waals surface area contributed by atoms with Crippen LogP contribution in [0.3, 0.4) is 0 Å². The first kappa shape index (κ1) is 12.1. The summed E-state index contributed by atoms with van der Waals surface area (Å²) in [5, 5.41) is 22.9. The molecule has 5 nitrogen and oxygen atoms in total. The molecule has 0 aliphatic carbocycles. The van der Waals surface area contributed by atoms with Gasteiger partial charge in [0.2, 0.25) is 5.16 Å². The third-order valence-corrected chi connectivity index (χ3v) is 4.01. The number of hydrogen-bond donors (Lipinski definition) is 0. The van der Waals surface area contributed by atoms with E-state index in [1.807, 2.05) is 13.0 Å². The lowest BCUT2D eigenvalue weighted by Gasteiger charge is -2.03. The summed E-state index contributed by atoms with van der Waals surface area (Å²) in [5.74, 6) is 0. The SMILES string of the molecule is CC(C#N)Sc1nnnn1CCc1cccs1. The molecular weight excluding hydrogens is 254 g/mol. The van der Waals surface area contributed by atoms with Crippen molar-refractivity contribution < 1.29 is 0 Å². The third kappa shape index (κ3) is 3.28. The molecule has 7 heteroatoms. The molecule has 2 rings (SSSR count). The Kier molecular flexibility index (Phi) is 4.12. The predicted octanol–water partition coefficient (Wildman–Crippen LogP) is 1.98. The highest BCUT2D eigenvalue weighted by Gasteiger charge is 2.11. The molecule has 88 valence electrons. The number of hydrogen-bond acceptors (Lipinski definition) is 6. The van der Waals surface area contributed by atoms with Crippen molar-refractivity contribution in [3.8, 4) is 6.07 Å². The number of aryl methyl sites for hydroxylation is 2. The smallest absolute Gasteiger partial charge is 0.210 e. The summed E-state index contributed by atoms with van der Waals surface area (Å²) in [6.45, 7) is 2.58. The minimum Gasteiger partial charge on any atom is -0.220 e. The van der Waals surface area contributed by atoms with Gasteiger partial charge in [0.05, 0.1) is 17.9 Å². The van der Waals surface area contributed by atoms with Gasteiger partial charge in [-0.1, -0.05) is 17.8 Å². The summed E-state index contributed by atoms with van der Waals surface area (Å²) >= 11 is 3.11. The Labute approximate surface area is 107 Å². The van der Waals surface area contributed by atoms with E-state index in [2.05, 4.69) is 33.0 Å². The third-order valence-electron chi connectivity index (χ3n) is 2.11. The van der Waals surface area contributed by atoms with E-state index in [-0.39, 0.29) is 5.25 Å². The average Bonchev–Trinajstić information content (AvgIpc) is 2.97. The fourth-order valence-electron chi connectivity index (χ4n) is 1.28. The number of nitrogens with zero attached hydrogens (tertiary/aromatic N) is 5. The van der Waals surface area contributed by atoms with Gasteiger partial charge in [-0.25, -0.2) is 4.68 Å². The predicted molar refractivity (Wildman–Crippen MR) is 66.8 cm³/mol. The number of nitriles is 1. The molecule has 0 spiro atoms. The van der Waals surface area contributed by atoms with Crippen molar-refractivity contribution in [2.45, 2.75) is 30.3 Å². The maximum atomic E-state index is 8.76. The number of thiophene rings is 1. The molecule has 1 atom stereocenters. The van der Waals surface area contributed by atoms with Gasteiger partial charge in [0.15, 0.2) is 0 Å². The second kappa shape index (κ2) is 5.80. The zero-order chi connectivity index (χ0) is 12.1. The van der Waals surface area contributed by atoms with E-state index in [0.717, 1.165) is 13.0 Å². The van der Waals surface area contributed by atoms with Gasteiger partial charge in [0, 0.05) is 11.3 Å². The molecule has 0 aliphatic rings. The summed E-state index contributed by atoms with van der Waals surface area (Å²) in [6.07, 6.45) is 0.914. The van der Waals surface area contributed by atoms with Crippen LogP contribution in [0, 0.1) is 11.3 Å². The van der Waals surface area contributed by atoms with Gasteiger partial charge in [-0.05, 0) is 28.8 Å².